The van der Waals surface area contributed by atoms with E-state index in [9.17, 15) is 15.0 Å². The second-order valence-corrected chi connectivity index (χ2v) is 9.44. The van der Waals surface area contributed by atoms with Crippen LogP contribution in [0.1, 0.15) is 52.9 Å². The Morgan fingerprint density at radius 2 is 2.04 bits per heavy atom. The van der Waals surface area contributed by atoms with E-state index in [0.717, 1.165) is 19.3 Å². The van der Waals surface area contributed by atoms with Crippen molar-refractivity contribution < 1.29 is 19.7 Å². The number of rotatable bonds is 1. The lowest BCUT2D eigenvalue weighted by Crippen LogP contribution is -2.64. The molecule has 3 saturated carbocycles. The fourth-order valence-electron chi connectivity index (χ4n) is 6.93. The highest BCUT2D eigenvalue weighted by Gasteiger charge is 2.83. The van der Waals surface area contributed by atoms with Crippen LogP contribution in [-0.2, 0) is 9.53 Å². The molecule has 0 spiro atoms. The SMILES string of the molecule is C#CC12OC1(CO)C1C(O)CC3C(C)(C)CCCC3(C)C1CC2=O. The molecule has 4 nitrogen and oxygen atoms in total. The number of ether oxygens (including phenoxy) is 1. The zero-order valence-electron chi connectivity index (χ0n) is 14.8. The zero-order valence-corrected chi connectivity index (χ0v) is 14.8. The number of ketones is 1. The van der Waals surface area contributed by atoms with Crippen LogP contribution in [0.5, 0.6) is 0 Å². The van der Waals surface area contributed by atoms with Crippen LogP contribution in [0.3, 0.4) is 0 Å². The number of aliphatic hydroxyl groups excluding tert-OH is 2. The summed E-state index contributed by atoms with van der Waals surface area (Å²) in [6.45, 7) is 6.55. The van der Waals surface area contributed by atoms with Crippen molar-refractivity contribution in [2.75, 3.05) is 6.61 Å². The van der Waals surface area contributed by atoms with Crippen molar-refractivity contribution in [3.8, 4) is 12.3 Å². The van der Waals surface area contributed by atoms with Crippen molar-refractivity contribution in [1.29, 1.82) is 0 Å². The van der Waals surface area contributed by atoms with Crippen molar-refractivity contribution in [3.63, 3.8) is 0 Å². The van der Waals surface area contributed by atoms with E-state index in [-0.39, 0.29) is 35.1 Å². The molecule has 4 fully saturated rings. The molecular weight excluding hydrogens is 304 g/mol. The first-order valence-electron chi connectivity index (χ1n) is 9.19. The summed E-state index contributed by atoms with van der Waals surface area (Å²) in [7, 11) is 0. The predicted octanol–water partition coefficient (Wildman–Crippen LogP) is 1.92. The average Bonchev–Trinajstić information content (AvgIpc) is 3.21. The van der Waals surface area contributed by atoms with Crippen LogP contribution >= 0.6 is 0 Å². The van der Waals surface area contributed by atoms with Gasteiger partial charge in [-0.05, 0) is 41.9 Å². The third-order valence-electron chi connectivity index (χ3n) is 8.11. The number of hydrogen-bond acceptors (Lipinski definition) is 4. The molecule has 4 rings (SSSR count). The minimum absolute atomic E-state index is 0.0177. The Morgan fingerprint density at radius 3 is 2.67 bits per heavy atom. The first-order valence-corrected chi connectivity index (χ1v) is 9.19. The van der Waals surface area contributed by atoms with Gasteiger partial charge in [-0.25, -0.2) is 0 Å². The van der Waals surface area contributed by atoms with Crippen LogP contribution in [-0.4, -0.2) is 39.9 Å². The molecule has 0 amide bonds. The molecule has 7 atom stereocenters. The summed E-state index contributed by atoms with van der Waals surface area (Å²) in [6.07, 6.45) is 9.45. The number of Topliss-reactive ketones (excluding diaryl/α,β-unsaturated/α-hetero) is 1. The lowest BCUT2D eigenvalue weighted by atomic mass is 9.42. The van der Waals surface area contributed by atoms with Crippen molar-refractivity contribution >= 4 is 5.78 Å². The zero-order chi connectivity index (χ0) is 17.5. The van der Waals surface area contributed by atoms with Crippen LogP contribution in [0.4, 0.5) is 0 Å². The maximum Gasteiger partial charge on any atom is 0.219 e. The van der Waals surface area contributed by atoms with Crippen LogP contribution in [0, 0.1) is 40.9 Å². The largest absolute Gasteiger partial charge is 0.393 e. The molecule has 1 saturated heterocycles. The van der Waals surface area contributed by atoms with Crippen molar-refractivity contribution in [2.24, 2.45) is 28.6 Å². The highest BCUT2D eigenvalue weighted by Crippen LogP contribution is 2.70. The second-order valence-electron chi connectivity index (χ2n) is 9.44. The minimum atomic E-state index is -1.31. The molecule has 7 unspecified atom stereocenters. The molecule has 1 heterocycles. The number of terminal acetylenes is 1. The van der Waals surface area contributed by atoms with Gasteiger partial charge in [-0.1, -0.05) is 33.1 Å². The van der Waals surface area contributed by atoms with Crippen LogP contribution in [0.2, 0.25) is 0 Å². The highest BCUT2D eigenvalue weighted by molar-refractivity contribution is 5.97. The normalized spacial score (nSPS) is 54.9. The Kier molecular flexibility index (Phi) is 3.20. The van der Waals surface area contributed by atoms with Gasteiger partial charge in [-0.15, -0.1) is 6.42 Å². The first-order chi connectivity index (χ1) is 11.2. The number of carbonyl (C=O) groups is 1. The Morgan fingerprint density at radius 1 is 1.33 bits per heavy atom. The maximum atomic E-state index is 12.8. The van der Waals surface area contributed by atoms with Crippen molar-refractivity contribution in [1.82, 2.24) is 0 Å². The summed E-state index contributed by atoms with van der Waals surface area (Å²) in [6, 6.07) is 0. The summed E-state index contributed by atoms with van der Waals surface area (Å²) < 4.78 is 5.78. The number of aliphatic hydroxyl groups is 2. The van der Waals surface area contributed by atoms with E-state index in [1.54, 1.807) is 0 Å². The van der Waals surface area contributed by atoms with Gasteiger partial charge in [0.05, 0.1) is 12.7 Å². The van der Waals surface area contributed by atoms with E-state index >= 15 is 0 Å². The Labute approximate surface area is 144 Å². The van der Waals surface area contributed by atoms with E-state index < -0.39 is 17.3 Å². The van der Waals surface area contributed by atoms with Gasteiger partial charge in [-0.3, -0.25) is 4.79 Å². The molecular formula is C20H28O4. The van der Waals surface area contributed by atoms with Gasteiger partial charge < -0.3 is 14.9 Å². The molecule has 132 valence electrons. The van der Waals surface area contributed by atoms with Gasteiger partial charge in [0, 0.05) is 12.3 Å². The van der Waals surface area contributed by atoms with Gasteiger partial charge in [0.25, 0.3) is 0 Å². The average molecular weight is 332 g/mol. The topological polar surface area (TPSA) is 70.1 Å². The molecule has 0 radical (unpaired) electrons. The fourth-order valence-corrected chi connectivity index (χ4v) is 6.93. The summed E-state index contributed by atoms with van der Waals surface area (Å²) in [4.78, 5) is 12.8. The Balaban J connectivity index is 1.81. The van der Waals surface area contributed by atoms with E-state index in [1.165, 1.54) is 0 Å². The van der Waals surface area contributed by atoms with E-state index in [2.05, 4.69) is 26.7 Å². The number of fused-ring (bicyclic) bond motifs is 5. The van der Waals surface area contributed by atoms with E-state index in [0.29, 0.717) is 18.8 Å². The minimum Gasteiger partial charge on any atom is -0.393 e. The number of epoxide rings is 1. The van der Waals surface area contributed by atoms with Crippen LogP contribution in [0.25, 0.3) is 0 Å². The fraction of sp³-hybridized carbons (Fsp3) is 0.850. The van der Waals surface area contributed by atoms with Gasteiger partial charge in [-0.2, -0.15) is 0 Å². The molecule has 4 heteroatoms. The first kappa shape index (κ1) is 16.6. The van der Waals surface area contributed by atoms with Crippen LogP contribution in [0.15, 0.2) is 0 Å². The smallest absolute Gasteiger partial charge is 0.219 e. The van der Waals surface area contributed by atoms with Gasteiger partial charge in [0.2, 0.25) is 5.60 Å². The number of hydrogen-bond donors (Lipinski definition) is 2. The molecule has 0 bridgehead atoms. The van der Waals surface area contributed by atoms with E-state index in [4.69, 9.17) is 11.2 Å². The summed E-state index contributed by atoms with van der Waals surface area (Å²) >= 11 is 0. The molecule has 3 aliphatic carbocycles. The Hall–Kier alpha value is -0.890. The standard InChI is InChI=1S/C20H28O4/c1-5-19-15(23)9-12-16(20(19,11-21)24-19)13(22)10-14-17(2,3)7-6-8-18(12,14)4/h1,12-14,16,21-22H,6-11H2,2-4H3. The Bertz CT molecular complexity index is 634. The predicted molar refractivity (Wildman–Crippen MR) is 88.9 cm³/mol. The third-order valence-corrected chi connectivity index (χ3v) is 8.11. The van der Waals surface area contributed by atoms with Gasteiger partial charge >= 0.3 is 0 Å². The lowest BCUT2D eigenvalue weighted by molar-refractivity contribution is -0.173. The highest BCUT2D eigenvalue weighted by atomic mass is 16.6. The molecule has 0 aromatic heterocycles. The molecule has 0 aromatic carbocycles. The summed E-state index contributed by atoms with van der Waals surface area (Å²) in [5.74, 6) is 2.56. The van der Waals surface area contributed by atoms with Crippen molar-refractivity contribution in [3.05, 3.63) is 0 Å². The maximum absolute atomic E-state index is 12.8. The second kappa shape index (κ2) is 4.63. The molecule has 1 aliphatic heterocycles. The monoisotopic (exact) mass is 332 g/mol. The van der Waals surface area contributed by atoms with Crippen LogP contribution < -0.4 is 0 Å². The molecule has 4 aliphatic rings. The number of carbonyl (C=O) groups excluding carboxylic acids is 1. The third kappa shape index (κ3) is 1.64. The lowest BCUT2D eigenvalue weighted by Gasteiger charge is -2.62. The molecule has 0 aromatic rings. The molecule has 24 heavy (non-hydrogen) atoms. The molecule has 2 N–H and O–H groups in total. The van der Waals surface area contributed by atoms with Crippen molar-refractivity contribution in [2.45, 2.75) is 70.2 Å². The summed E-state index contributed by atoms with van der Waals surface area (Å²) in [5, 5.41) is 21.1. The summed E-state index contributed by atoms with van der Waals surface area (Å²) in [5.41, 5.74) is -2.25. The van der Waals surface area contributed by atoms with Gasteiger partial charge in [0.15, 0.2) is 5.78 Å². The quantitative estimate of drug-likeness (QED) is 0.568. The van der Waals surface area contributed by atoms with Gasteiger partial charge in [0.1, 0.15) is 5.60 Å². The van der Waals surface area contributed by atoms with E-state index in [1.807, 2.05) is 0 Å².